The lowest BCUT2D eigenvalue weighted by Crippen LogP contribution is -1.94. The van der Waals surface area contributed by atoms with E-state index in [0.29, 0.717) is 0 Å². The molecule has 0 spiro atoms. The fraction of sp³-hybridized carbons (Fsp3) is 0.238. The number of rotatable bonds is 3. The number of allylic oxidation sites excluding steroid dienone is 2. The first-order valence-corrected chi connectivity index (χ1v) is 7.80. The molecule has 0 heterocycles. The Morgan fingerprint density at radius 2 is 1.38 bits per heavy atom. The van der Waals surface area contributed by atoms with Crippen LogP contribution in [0.5, 0.6) is 0 Å². The van der Waals surface area contributed by atoms with E-state index in [1.54, 1.807) is 5.57 Å². The highest BCUT2D eigenvalue weighted by molar-refractivity contribution is 5.86. The Balaban J connectivity index is 2.04. The van der Waals surface area contributed by atoms with Gasteiger partial charge in [0.15, 0.2) is 0 Å². The Bertz CT molecular complexity index is 666. The van der Waals surface area contributed by atoms with Gasteiger partial charge in [0.05, 0.1) is 0 Å². The van der Waals surface area contributed by atoms with E-state index in [-0.39, 0.29) is 0 Å². The molecule has 1 aliphatic carbocycles. The molecule has 0 saturated heterocycles. The van der Waals surface area contributed by atoms with Gasteiger partial charge in [0.25, 0.3) is 0 Å². The lowest BCUT2D eigenvalue weighted by atomic mass is 9.90. The Morgan fingerprint density at radius 3 is 2.05 bits per heavy atom. The minimum atomic E-state index is 1.11. The van der Waals surface area contributed by atoms with Crippen LogP contribution in [0.25, 0.3) is 11.1 Å². The van der Waals surface area contributed by atoms with Crippen molar-refractivity contribution in [2.24, 2.45) is 0 Å². The molecule has 1 fully saturated rings. The second-order valence-corrected chi connectivity index (χ2v) is 5.83. The van der Waals surface area contributed by atoms with Gasteiger partial charge < -0.3 is 0 Å². The average molecular weight is 274 g/mol. The zero-order valence-electron chi connectivity index (χ0n) is 12.7. The van der Waals surface area contributed by atoms with E-state index < -0.39 is 0 Å². The molecule has 0 radical (unpaired) electrons. The van der Waals surface area contributed by atoms with Crippen molar-refractivity contribution in [2.45, 2.75) is 32.6 Å². The SMILES string of the molecule is C=C(c1ccccc1)c1ccccc1C(C)=C1CCCC1. The molecule has 106 valence electrons. The van der Waals surface area contributed by atoms with Crippen molar-refractivity contribution in [1.82, 2.24) is 0 Å². The predicted octanol–water partition coefficient (Wildman–Crippen LogP) is 6.10. The molecule has 0 heteroatoms. The minimum Gasteiger partial charge on any atom is -0.0905 e. The molecule has 0 aliphatic heterocycles. The molecular weight excluding hydrogens is 252 g/mol. The number of hydrogen-bond acceptors (Lipinski definition) is 0. The quantitative estimate of drug-likeness (QED) is 0.634. The summed E-state index contributed by atoms with van der Waals surface area (Å²) >= 11 is 0. The molecule has 0 atom stereocenters. The zero-order valence-corrected chi connectivity index (χ0v) is 12.7. The van der Waals surface area contributed by atoms with Crippen molar-refractivity contribution in [3.8, 4) is 0 Å². The van der Waals surface area contributed by atoms with E-state index in [4.69, 9.17) is 0 Å². The van der Waals surface area contributed by atoms with Gasteiger partial charge >= 0.3 is 0 Å². The molecule has 21 heavy (non-hydrogen) atoms. The van der Waals surface area contributed by atoms with Gasteiger partial charge in [0.2, 0.25) is 0 Å². The van der Waals surface area contributed by atoms with Gasteiger partial charge in [-0.25, -0.2) is 0 Å². The Labute approximate surface area is 127 Å². The van der Waals surface area contributed by atoms with Crippen LogP contribution >= 0.6 is 0 Å². The van der Waals surface area contributed by atoms with Gasteiger partial charge in [0.1, 0.15) is 0 Å². The third kappa shape index (κ3) is 2.85. The lowest BCUT2D eigenvalue weighted by molar-refractivity contribution is 0.886. The van der Waals surface area contributed by atoms with Crippen molar-refractivity contribution in [3.05, 3.63) is 83.4 Å². The van der Waals surface area contributed by atoms with Gasteiger partial charge in [-0.15, -0.1) is 0 Å². The molecule has 0 amide bonds. The van der Waals surface area contributed by atoms with E-state index in [9.17, 15) is 0 Å². The molecule has 0 N–H and O–H groups in total. The summed E-state index contributed by atoms with van der Waals surface area (Å²) in [6.07, 6.45) is 5.21. The highest BCUT2D eigenvalue weighted by Gasteiger charge is 2.14. The third-order valence-corrected chi connectivity index (χ3v) is 4.52. The van der Waals surface area contributed by atoms with Crippen LogP contribution in [0, 0.1) is 0 Å². The van der Waals surface area contributed by atoms with Crippen molar-refractivity contribution in [1.29, 1.82) is 0 Å². The average Bonchev–Trinajstić information content (AvgIpc) is 3.09. The molecule has 2 aromatic rings. The summed E-state index contributed by atoms with van der Waals surface area (Å²) < 4.78 is 0. The smallest absolute Gasteiger partial charge is 0.0109 e. The number of hydrogen-bond donors (Lipinski definition) is 0. The lowest BCUT2D eigenvalue weighted by Gasteiger charge is -2.15. The van der Waals surface area contributed by atoms with Crippen molar-refractivity contribution >= 4 is 11.1 Å². The van der Waals surface area contributed by atoms with Gasteiger partial charge in [-0.1, -0.05) is 66.7 Å². The van der Waals surface area contributed by atoms with E-state index in [2.05, 4.69) is 68.1 Å². The van der Waals surface area contributed by atoms with E-state index in [1.807, 2.05) is 0 Å². The fourth-order valence-electron chi connectivity index (χ4n) is 3.24. The van der Waals surface area contributed by atoms with Crippen LogP contribution in [0.15, 0.2) is 66.7 Å². The molecule has 1 saturated carbocycles. The molecule has 2 aromatic carbocycles. The highest BCUT2D eigenvalue weighted by atomic mass is 14.2. The van der Waals surface area contributed by atoms with Crippen LogP contribution in [0.1, 0.15) is 49.3 Å². The van der Waals surface area contributed by atoms with Crippen LogP contribution in [0.4, 0.5) is 0 Å². The van der Waals surface area contributed by atoms with E-state index in [0.717, 1.165) is 5.57 Å². The van der Waals surface area contributed by atoms with Crippen LogP contribution in [-0.2, 0) is 0 Å². The summed E-state index contributed by atoms with van der Waals surface area (Å²) in [5.74, 6) is 0. The third-order valence-electron chi connectivity index (χ3n) is 4.52. The summed E-state index contributed by atoms with van der Waals surface area (Å²) in [7, 11) is 0. The molecular formula is C21H22. The van der Waals surface area contributed by atoms with E-state index >= 15 is 0 Å². The summed E-state index contributed by atoms with van der Waals surface area (Å²) in [4.78, 5) is 0. The van der Waals surface area contributed by atoms with Crippen molar-refractivity contribution in [3.63, 3.8) is 0 Å². The maximum absolute atomic E-state index is 4.34. The first kappa shape index (κ1) is 13.9. The van der Waals surface area contributed by atoms with Crippen molar-refractivity contribution in [2.75, 3.05) is 0 Å². The van der Waals surface area contributed by atoms with Gasteiger partial charge in [-0.3, -0.25) is 0 Å². The van der Waals surface area contributed by atoms with Crippen LogP contribution in [0.3, 0.4) is 0 Å². The summed E-state index contributed by atoms with van der Waals surface area (Å²) in [6, 6.07) is 19.2. The number of benzene rings is 2. The first-order chi connectivity index (χ1) is 10.3. The first-order valence-electron chi connectivity index (χ1n) is 7.80. The molecule has 0 bridgehead atoms. The summed E-state index contributed by atoms with van der Waals surface area (Å²) in [5.41, 5.74) is 8.02. The maximum Gasteiger partial charge on any atom is -0.0109 e. The zero-order chi connectivity index (χ0) is 14.7. The fourth-order valence-corrected chi connectivity index (χ4v) is 3.24. The van der Waals surface area contributed by atoms with Crippen LogP contribution in [-0.4, -0.2) is 0 Å². The highest BCUT2D eigenvalue weighted by Crippen LogP contribution is 2.35. The molecule has 1 aliphatic rings. The van der Waals surface area contributed by atoms with E-state index in [1.165, 1.54) is 47.9 Å². The largest absolute Gasteiger partial charge is 0.0905 e. The maximum atomic E-state index is 4.34. The van der Waals surface area contributed by atoms with Crippen molar-refractivity contribution < 1.29 is 0 Å². The predicted molar refractivity (Wildman–Crippen MR) is 92.1 cm³/mol. The molecule has 0 aromatic heterocycles. The Kier molecular flexibility index (Phi) is 4.06. The molecule has 3 rings (SSSR count). The van der Waals surface area contributed by atoms with Gasteiger partial charge in [-0.2, -0.15) is 0 Å². The van der Waals surface area contributed by atoms with Crippen LogP contribution in [0.2, 0.25) is 0 Å². The minimum absolute atomic E-state index is 1.11. The second-order valence-electron chi connectivity index (χ2n) is 5.83. The monoisotopic (exact) mass is 274 g/mol. The van der Waals surface area contributed by atoms with Gasteiger partial charge in [-0.05, 0) is 60.4 Å². The Morgan fingerprint density at radius 1 is 0.810 bits per heavy atom. The van der Waals surface area contributed by atoms with Gasteiger partial charge in [0, 0.05) is 0 Å². The standard InChI is InChI=1S/C21H22/c1-16(18-10-4-3-5-11-18)20-14-8-9-15-21(20)17(2)19-12-6-7-13-19/h3-5,8-11,14-15H,1,6-7,12-13H2,2H3. The topological polar surface area (TPSA) is 0 Å². The normalized spacial score (nSPS) is 14.2. The summed E-state index contributed by atoms with van der Waals surface area (Å²) in [5, 5.41) is 0. The van der Waals surface area contributed by atoms with Crippen LogP contribution < -0.4 is 0 Å². The Hall–Kier alpha value is -2.08. The second kappa shape index (κ2) is 6.13. The molecule has 0 nitrogen and oxygen atoms in total. The molecule has 0 unspecified atom stereocenters. The summed E-state index contributed by atoms with van der Waals surface area (Å²) in [6.45, 7) is 6.62.